The highest BCUT2D eigenvalue weighted by Gasteiger charge is 2.33. The molecule has 140 valence electrons. The summed E-state index contributed by atoms with van der Waals surface area (Å²) in [6, 6.07) is 3.58. The van der Waals surface area contributed by atoms with Crippen molar-refractivity contribution in [1.82, 2.24) is 9.97 Å². The molecule has 0 amide bonds. The van der Waals surface area contributed by atoms with Crippen LogP contribution < -0.4 is 16.0 Å². The first-order valence-electron chi connectivity index (χ1n) is 8.25. The van der Waals surface area contributed by atoms with Crippen LogP contribution in [0.25, 0.3) is 0 Å². The molecule has 1 saturated heterocycles. The number of hydrogen-bond donors (Lipinski definition) is 2. The van der Waals surface area contributed by atoms with Crippen LogP contribution in [0, 0.1) is 5.92 Å². The average molecular weight is 386 g/mol. The van der Waals surface area contributed by atoms with Gasteiger partial charge in [0.25, 0.3) is 0 Å². The number of nitrogens with one attached hydrogen (secondary N) is 1. The van der Waals surface area contributed by atoms with Gasteiger partial charge in [-0.05, 0) is 37.0 Å². The van der Waals surface area contributed by atoms with Gasteiger partial charge in [-0.3, -0.25) is 0 Å². The molecule has 1 aliphatic rings. The highest BCUT2D eigenvalue weighted by Crippen LogP contribution is 2.37. The number of alkyl halides is 3. The van der Waals surface area contributed by atoms with Gasteiger partial charge in [-0.15, -0.1) is 0 Å². The molecule has 0 spiro atoms. The van der Waals surface area contributed by atoms with Crippen LogP contribution in [0.2, 0.25) is 5.02 Å². The zero-order valence-electron chi connectivity index (χ0n) is 14.1. The molecule has 0 radical (unpaired) electrons. The molecule has 0 bridgehead atoms. The summed E-state index contributed by atoms with van der Waals surface area (Å²) in [6.07, 6.45) is -0.994. The SMILES string of the molecule is CC1CCCN(c2ncnc(Nc3ccc(Cl)c(C(F)(F)F)c3)c2N)C1. The van der Waals surface area contributed by atoms with E-state index >= 15 is 0 Å². The Labute approximate surface area is 154 Å². The Morgan fingerprint density at radius 1 is 1.31 bits per heavy atom. The zero-order valence-corrected chi connectivity index (χ0v) is 14.9. The Morgan fingerprint density at radius 2 is 2.08 bits per heavy atom. The van der Waals surface area contributed by atoms with E-state index in [2.05, 4.69) is 27.1 Å². The van der Waals surface area contributed by atoms with Crippen molar-refractivity contribution in [2.45, 2.75) is 25.9 Å². The van der Waals surface area contributed by atoms with Crippen molar-refractivity contribution < 1.29 is 13.2 Å². The van der Waals surface area contributed by atoms with Gasteiger partial charge in [-0.1, -0.05) is 18.5 Å². The maximum atomic E-state index is 13.0. The van der Waals surface area contributed by atoms with Crippen LogP contribution in [0.5, 0.6) is 0 Å². The number of nitrogens with zero attached hydrogens (tertiary/aromatic N) is 3. The first-order valence-corrected chi connectivity index (χ1v) is 8.62. The molecular weight excluding hydrogens is 367 g/mol. The van der Waals surface area contributed by atoms with E-state index in [0.29, 0.717) is 17.4 Å². The maximum Gasteiger partial charge on any atom is 0.417 e. The fourth-order valence-electron chi connectivity index (χ4n) is 3.08. The molecule has 3 N–H and O–H groups in total. The second kappa shape index (κ2) is 7.19. The Hall–Kier alpha value is -2.22. The number of piperidine rings is 1. The van der Waals surface area contributed by atoms with Gasteiger partial charge in [0.1, 0.15) is 12.0 Å². The fraction of sp³-hybridized carbons (Fsp3) is 0.412. The summed E-state index contributed by atoms with van der Waals surface area (Å²) < 4.78 is 39.1. The molecule has 1 aromatic carbocycles. The van der Waals surface area contributed by atoms with Gasteiger partial charge in [0.05, 0.1) is 10.6 Å². The van der Waals surface area contributed by atoms with Crippen molar-refractivity contribution in [3.8, 4) is 0 Å². The molecule has 1 fully saturated rings. The van der Waals surface area contributed by atoms with Gasteiger partial charge in [0, 0.05) is 18.8 Å². The largest absolute Gasteiger partial charge is 0.417 e. The minimum Gasteiger partial charge on any atom is -0.393 e. The van der Waals surface area contributed by atoms with Crippen molar-refractivity contribution in [3.05, 3.63) is 35.1 Å². The molecule has 0 aliphatic carbocycles. The van der Waals surface area contributed by atoms with Crippen LogP contribution in [0.15, 0.2) is 24.5 Å². The van der Waals surface area contributed by atoms with Crippen molar-refractivity contribution in [2.75, 3.05) is 29.0 Å². The molecule has 1 aliphatic heterocycles. The van der Waals surface area contributed by atoms with Crippen molar-refractivity contribution in [3.63, 3.8) is 0 Å². The van der Waals surface area contributed by atoms with E-state index in [1.807, 2.05) is 0 Å². The highest BCUT2D eigenvalue weighted by molar-refractivity contribution is 6.31. The maximum absolute atomic E-state index is 13.0. The third-order valence-electron chi connectivity index (χ3n) is 4.35. The topological polar surface area (TPSA) is 67.1 Å². The van der Waals surface area contributed by atoms with Gasteiger partial charge in [-0.2, -0.15) is 13.2 Å². The predicted molar refractivity (Wildman–Crippen MR) is 96.8 cm³/mol. The van der Waals surface area contributed by atoms with Gasteiger partial charge in [0.2, 0.25) is 0 Å². The molecule has 1 atom stereocenters. The van der Waals surface area contributed by atoms with Crippen molar-refractivity contribution in [2.24, 2.45) is 5.92 Å². The molecule has 3 rings (SSSR count). The quantitative estimate of drug-likeness (QED) is 0.800. The number of rotatable bonds is 3. The summed E-state index contributed by atoms with van der Waals surface area (Å²) in [6.45, 7) is 3.83. The van der Waals surface area contributed by atoms with Crippen LogP contribution in [-0.2, 0) is 6.18 Å². The van der Waals surface area contributed by atoms with Gasteiger partial charge in [0.15, 0.2) is 11.6 Å². The van der Waals surface area contributed by atoms with Crippen LogP contribution in [0.1, 0.15) is 25.3 Å². The Morgan fingerprint density at radius 3 is 2.77 bits per heavy atom. The lowest BCUT2D eigenvalue weighted by atomic mass is 10.0. The summed E-state index contributed by atoms with van der Waals surface area (Å²) in [5, 5.41) is 2.48. The molecule has 1 unspecified atom stereocenters. The monoisotopic (exact) mass is 385 g/mol. The lowest BCUT2D eigenvalue weighted by Gasteiger charge is -2.32. The molecule has 9 heteroatoms. The molecule has 2 heterocycles. The third kappa shape index (κ3) is 3.95. The minimum atomic E-state index is -4.54. The van der Waals surface area contributed by atoms with E-state index in [-0.39, 0.29) is 16.5 Å². The number of anilines is 4. The summed E-state index contributed by atoms with van der Waals surface area (Å²) >= 11 is 5.65. The van der Waals surface area contributed by atoms with Crippen LogP contribution in [0.4, 0.5) is 36.2 Å². The molecule has 0 saturated carbocycles. The van der Waals surface area contributed by atoms with E-state index in [0.717, 1.165) is 32.0 Å². The van der Waals surface area contributed by atoms with Gasteiger partial charge >= 0.3 is 6.18 Å². The van der Waals surface area contributed by atoms with E-state index in [1.54, 1.807) is 0 Å². The lowest BCUT2D eigenvalue weighted by molar-refractivity contribution is -0.137. The summed E-state index contributed by atoms with van der Waals surface area (Å²) in [7, 11) is 0. The number of hydrogen-bond acceptors (Lipinski definition) is 5. The second-order valence-electron chi connectivity index (χ2n) is 6.47. The third-order valence-corrected chi connectivity index (χ3v) is 4.68. The standard InChI is InChI=1S/C17H19ClF3N5/c1-10-3-2-6-26(8-10)16-14(22)15(23-9-24-16)25-11-4-5-13(18)12(7-11)17(19,20)21/h4-5,7,9-10H,2-3,6,8,22H2,1H3,(H,23,24,25). The number of nitrogens with two attached hydrogens (primary N) is 1. The fourth-order valence-corrected chi connectivity index (χ4v) is 3.30. The summed E-state index contributed by atoms with van der Waals surface area (Å²) in [5.74, 6) is 1.39. The Balaban J connectivity index is 1.88. The van der Waals surface area contributed by atoms with E-state index < -0.39 is 11.7 Å². The average Bonchev–Trinajstić information content (AvgIpc) is 2.57. The van der Waals surface area contributed by atoms with Crippen molar-refractivity contribution in [1.29, 1.82) is 0 Å². The first kappa shape index (κ1) is 18.6. The van der Waals surface area contributed by atoms with Crippen LogP contribution in [-0.4, -0.2) is 23.1 Å². The number of benzene rings is 1. The Bertz CT molecular complexity index is 796. The van der Waals surface area contributed by atoms with Crippen LogP contribution >= 0.6 is 11.6 Å². The van der Waals surface area contributed by atoms with E-state index in [1.165, 1.54) is 18.5 Å². The molecule has 2 aromatic rings. The smallest absolute Gasteiger partial charge is 0.393 e. The number of nitrogen functional groups attached to an aromatic ring is 1. The Kier molecular flexibility index (Phi) is 5.13. The second-order valence-corrected chi connectivity index (χ2v) is 6.88. The van der Waals surface area contributed by atoms with Crippen molar-refractivity contribution >= 4 is 34.6 Å². The highest BCUT2D eigenvalue weighted by atomic mass is 35.5. The molecule has 1 aromatic heterocycles. The molecule has 26 heavy (non-hydrogen) atoms. The number of aromatic nitrogens is 2. The van der Waals surface area contributed by atoms with Gasteiger partial charge in [-0.25, -0.2) is 9.97 Å². The first-order chi connectivity index (χ1) is 12.3. The van der Waals surface area contributed by atoms with E-state index in [9.17, 15) is 13.2 Å². The summed E-state index contributed by atoms with van der Waals surface area (Å²) in [5.41, 5.74) is 5.78. The minimum absolute atomic E-state index is 0.199. The van der Waals surface area contributed by atoms with E-state index in [4.69, 9.17) is 17.3 Å². The summed E-state index contributed by atoms with van der Waals surface area (Å²) in [4.78, 5) is 10.4. The van der Waals surface area contributed by atoms with Gasteiger partial charge < -0.3 is 16.0 Å². The van der Waals surface area contributed by atoms with Crippen LogP contribution in [0.3, 0.4) is 0 Å². The normalized spacial score (nSPS) is 18.0. The predicted octanol–water partition coefficient (Wildman–Crippen LogP) is 4.71. The molecule has 5 nitrogen and oxygen atoms in total. The number of halogens is 4. The lowest BCUT2D eigenvalue weighted by Crippen LogP contribution is -2.35. The molecular formula is C17H19ClF3N5. The zero-order chi connectivity index (χ0) is 18.9.